The number of ether oxygens (including phenoxy) is 1. The van der Waals surface area contributed by atoms with Crippen molar-refractivity contribution in [2.45, 2.75) is 31.7 Å². The van der Waals surface area contributed by atoms with Crippen LogP contribution in [-0.4, -0.2) is 38.6 Å². The van der Waals surface area contributed by atoms with Gasteiger partial charge >= 0.3 is 0 Å². The number of nitrogens with zero attached hydrogens (tertiary/aromatic N) is 1. The third-order valence-corrected chi connectivity index (χ3v) is 4.69. The highest BCUT2D eigenvalue weighted by atomic mass is 16.5. The summed E-state index contributed by atoms with van der Waals surface area (Å²) in [7, 11) is 5.72. The Morgan fingerprint density at radius 3 is 2.23 bits per heavy atom. The average molecular weight is 354 g/mol. The topological polar surface area (TPSA) is 41.6 Å². The molecule has 4 nitrogen and oxygen atoms in total. The first-order valence-corrected chi connectivity index (χ1v) is 9.19. The van der Waals surface area contributed by atoms with Gasteiger partial charge in [-0.15, -0.1) is 0 Å². The van der Waals surface area contributed by atoms with E-state index in [1.54, 1.807) is 7.11 Å². The number of hydrogen-bond acceptors (Lipinski definition) is 3. The van der Waals surface area contributed by atoms with E-state index in [-0.39, 0.29) is 17.9 Å². The summed E-state index contributed by atoms with van der Waals surface area (Å²) in [6.07, 6.45) is 1.83. The van der Waals surface area contributed by atoms with E-state index in [0.29, 0.717) is 6.54 Å². The van der Waals surface area contributed by atoms with Crippen LogP contribution >= 0.6 is 0 Å². The van der Waals surface area contributed by atoms with Gasteiger partial charge in [0.25, 0.3) is 0 Å². The Bertz CT molecular complexity index is 668. The van der Waals surface area contributed by atoms with Crippen LogP contribution in [0.1, 0.15) is 42.9 Å². The first-order valence-electron chi connectivity index (χ1n) is 9.19. The number of benzene rings is 2. The summed E-state index contributed by atoms with van der Waals surface area (Å²) in [5.74, 6) is 0.834. The van der Waals surface area contributed by atoms with Gasteiger partial charge in [-0.3, -0.25) is 4.79 Å². The smallest absolute Gasteiger partial charge is 0.227 e. The van der Waals surface area contributed by atoms with E-state index >= 15 is 0 Å². The van der Waals surface area contributed by atoms with Crippen molar-refractivity contribution >= 4 is 5.91 Å². The van der Waals surface area contributed by atoms with Crippen LogP contribution in [0.25, 0.3) is 0 Å². The highest BCUT2D eigenvalue weighted by Crippen LogP contribution is 2.23. The molecule has 0 heterocycles. The molecule has 0 aromatic heterocycles. The van der Waals surface area contributed by atoms with Crippen LogP contribution in [0.4, 0.5) is 0 Å². The predicted octanol–water partition coefficient (Wildman–Crippen LogP) is 4.00. The minimum atomic E-state index is -0.0973. The van der Waals surface area contributed by atoms with E-state index in [9.17, 15) is 4.79 Å². The Hall–Kier alpha value is -2.33. The molecule has 26 heavy (non-hydrogen) atoms. The summed E-state index contributed by atoms with van der Waals surface area (Å²) in [5, 5.41) is 3.16. The van der Waals surface area contributed by atoms with Crippen LogP contribution in [0.2, 0.25) is 0 Å². The minimum absolute atomic E-state index is 0.0958. The van der Waals surface area contributed by atoms with Crippen molar-refractivity contribution in [3.63, 3.8) is 0 Å². The molecule has 0 saturated heterocycles. The average Bonchev–Trinajstić information content (AvgIpc) is 2.67. The maximum absolute atomic E-state index is 12.8. The van der Waals surface area contributed by atoms with E-state index in [0.717, 1.165) is 29.7 Å². The lowest BCUT2D eigenvalue weighted by molar-refractivity contribution is -0.123. The highest BCUT2D eigenvalue weighted by molar-refractivity contribution is 5.83. The SMILES string of the molecule is CCC[C@H](C(=O)NC[C@H](c1ccc(OC)cc1)N(C)C)c1ccccc1. The summed E-state index contributed by atoms with van der Waals surface area (Å²) in [4.78, 5) is 15.0. The van der Waals surface area contributed by atoms with Crippen molar-refractivity contribution in [3.8, 4) is 5.75 Å². The molecule has 4 heteroatoms. The summed E-state index contributed by atoms with van der Waals surface area (Å²) < 4.78 is 5.23. The maximum atomic E-state index is 12.8. The van der Waals surface area contributed by atoms with Gasteiger partial charge in [-0.25, -0.2) is 0 Å². The second kappa shape index (κ2) is 9.97. The number of likely N-dealkylation sites (N-methyl/N-ethyl adjacent to an activating group) is 1. The molecule has 0 bridgehead atoms. The van der Waals surface area contributed by atoms with Crippen molar-refractivity contribution < 1.29 is 9.53 Å². The second-order valence-electron chi connectivity index (χ2n) is 6.75. The first kappa shape index (κ1) is 20.0. The molecule has 0 radical (unpaired) electrons. The van der Waals surface area contributed by atoms with Gasteiger partial charge in [-0.1, -0.05) is 55.8 Å². The van der Waals surface area contributed by atoms with Gasteiger partial charge in [0, 0.05) is 6.54 Å². The zero-order valence-electron chi connectivity index (χ0n) is 16.2. The van der Waals surface area contributed by atoms with Crippen molar-refractivity contribution in [1.82, 2.24) is 10.2 Å². The lowest BCUT2D eigenvalue weighted by Crippen LogP contribution is -2.37. The number of amides is 1. The molecule has 2 atom stereocenters. The Balaban J connectivity index is 2.07. The van der Waals surface area contributed by atoms with Crippen LogP contribution in [0.5, 0.6) is 5.75 Å². The molecule has 140 valence electrons. The second-order valence-corrected chi connectivity index (χ2v) is 6.75. The van der Waals surface area contributed by atoms with Crippen molar-refractivity contribution in [3.05, 3.63) is 65.7 Å². The first-order chi connectivity index (χ1) is 12.6. The fourth-order valence-electron chi connectivity index (χ4n) is 3.17. The van der Waals surface area contributed by atoms with Gasteiger partial charge in [0.05, 0.1) is 19.1 Å². The van der Waals surface area contributed by atoms with Crippen molar-refractivity contribution in [2.75, 3.05) is 27.7 Å². The molecule has 0 fully saturated rings. The normalized spacial score (nSPS) is 13.3. The number of carbonyl (C=O) groups excluding carboxylic acids is 1. The van der Waals surface area contributed by atoms with Crippen LogP contribution in [0, 0.1) is 0 Å². The van der Waals surface area contributed by atoms with Gasteiger partial charge in [-0.2, -0.15) is 0 Å². The standard InChI is InChI=1S/C22H30N2O2/c1-5-9-20(17-10-7-6-8-11-17)22(25)23-16-21(24(2)3)18-12-14-19(26-4)15-13-18/h6-8,10-15,20-21H,5,9,16H2,1-4H3,(H,23,25)/t20-,21+/m0/s1. The molecule has 2 aromatic carbocycles. The molecule has 2 aromatic rings. The minimum Gasteiger partial charge on any atom is -0.497 e. The molecule has 2 rings (SSSR count). The largest absolute Gasteiger partial charge is 0.497 e. The van der Waals surface area contributed by atoms with Gasteiger partial charge in [-0.05, 0) is 43.8 Å². The number of hydrogen-bond donors (Lipinski definition) is 1. The molecule has 1 amide bonds. The van der Waals surface area contributed by atoms with Crippen molar-refractivity contribution in [1.29, 1.82) is 0 Å². The monoisotopic (exact) mass is 354 g/mol. The van der Waals surface area contributed by atoms with Gasteiger partial charge in [0.1, 0.15) is 5.75 Å². The zero-order chi connectivity index (χ0) is 18.9. The molecular formula is C22H30N2O2. The number of methoxy groups -OCH3 is 1. The van der Waals surface area contributed by atoms with E-state index in [4.69, 9.17) is 4.74 Å². The number of nitrogens with one attached hydrogen (secondary N) is 1. The fraction of sp³-hybridized carbons (Fsp3) is 0.409. The number of rotatable bonds is 9. The van der Waals surface area contributed by atoms with Gasteiger partial charge in [0.15, 0.2) is 0 Å². The molecule has 0 saturated carbocycles. The quantitative estimate of drug-likeness (QED) is 0.740. The van der Waals surface area contributed by atoms with Gasteiger partial charge in [0.2, 0.25) is 5.91 Å². The predicted molar refractivity (Wildman–Crippen MR) is 107 cm³/mol. The molecule has 0 aliphatic rings. The summed E-state index contributed by atoms with van der Waals surface area (Å²) >= 11 is 0. The van der Waals surface area contributed by atoms with Crippen LogP contribution in [0.3, 0.4) is 0 Å². The Kier molecular flexibility index (Phi) is 7.67. The van der Waals surface area contributed by atoms with Crippen LogP contribution in [-0.2, 0) is 4.79 Å². The Morgan fingerprint density at radius 1 is 1.04 bits per heavy atom. The third-order valence-electron chi connectivity index (χ3n) is 4.69. The summed E-state index contributed by atoms with van der Waals surface area (Å²) in [5.41, 5.74) is 2.24. The summed E-state index contributed by atoms with van der Waals surface area (Å²) in [6.45, 7) is 2.69. The molecule has 0 aliphatic carbocycles. The molecule has 0 aliphatic heterocycles. The zero-order valence-corrected chi connectivity index (χ0v) is 16.2. The molecular weight excluding hydrogens is 324 g/mol. The molecule has 1 N–H and O–H groups in total. The van der Waals surface area contributed by atoms with E-state index in [2.05, 4.69) is 29.3 Å². The van der Waals surface area contributed by atoms with E-state index in [1.807, 2.05) is 56.6 Å². The van der Waals surface area contributed by atoms with Crippen LogP contribution in [0.15, 0.2) is 54.6 Å². The summed E-state index contributed by atoms with van der Waals surface area (Å²) in [6, 6.07) is 18.2. The van der Waals surface area contributed by atoms with Crippen molar-refractivity contribution in [2.24, 2.45) is 0 Å². The molecule has 0 spiro atoms. The highest BCUT2D eigenvalue weighted by Gasteiger charge is 2.22. The Labute approximate surface area is 157 Å². The van der Waals surface area contributed by atoms with E-state index in [1.165, 1.54) is 0 Å². The van der Waals surface area contributed by atoms with Crippen LogP contribution < -0.4 is 10.1 Å². The maximum Gasteiger partial charge on any atom is 0.227 e. The van der Waals surface area contributed by atoms with Gasteiger partial charge < -0.3 is 15.0 Å². The lowest BCUT2D eigenvalue weighted by atomic mass is 9.93. The third kappa shape index (κ3) is 5.33. The fourth-order valence-corrected chi connectivity index (χ4v) is 3.17. The number of carbonyl (C=O) groups is 1. The Morgan fingerprint density at radius 2 is 1.69 bits per heavy atom. The lowest BCUT2D eigenvalue weighted by Gasteiger charge is -2.26. The molecule has 0 unspecified atom stereocenters. The van der Waals surface area contributed by atoms with E-state index < -0.39 is 0 Å².